The van der Waals surface area contributed by atoms with Gasteiger partial charge in [0, 0.05) is 18.9 Å². The third-order valence-electron chi connectivity index (χ3n) is 7.52. The Balaban J connectivity index is 6.44. The fourth-order valence-corrected chi connectivity index (χ4v) is 6.40. The molecule has 24 heteroatoms. The van der Waals surface area contributed by atoms with Crippen LogP contribution in [-0.4, -0.2) is 98.4 Å². The second-order valence-corrected chi connectivity index (χ2v) is 16.3. The molecule has 0 bridgehead atoms. The van der Waals surface area contributed by atoms with Crippen molar-refractivity contribution in [2.24, 2.45) is 16.7 Å². The molecule has 4 unspecified atom stereocenters. The van der Waals surface area contributed by atoms with Gasteiger partial charge in [0.1, 0.15) is 12.7 Å². The number of nitrogens with one attached hydrogen (secondary N) is 2. The van der Waals surface area contributed by atoms with Crippen LogP contribution in [-0.2, 0) is 44.0 Å². The molecule has 0 aliphatic heterocycles. The molecule has 0 aromatic carbocycles. The number of carbonyl (C=O) groups excluding carboxylic acids is 3. The molecule has 0 saturated heterocycles. The normalized spacial score (nSPS) is 17.6. The fraction of sp³-hybridized carbons (Fsp3) is 0.885. The van der Waals surface area contributed by atoms with Gasteiger partial charge in [-0.25, -0.2) is 13.1 Å². The van der Waals surface area contributed by atoms with Gasteiger partial charge < -0.3 is 19.9 Å². The number of alkyl halides is 9. The number of hydrogen-bond acceptors (Lipinski definition) is 10. The smallest absolute Gasteiger partial charge is 0.464 e. The van der Waals surface area contributed by atoms with Crippen molar-refractivity contribution < 1.29 is 89.9 Å². The average Bonchev–Trinajstić information content (AvgIpc) is 2.86. The van der Waals surface area contributed by atoms with Crippen LogP contribution in [0.5, 0.6) is 0 Å². The summed E-state index contributed by atoms with van der Waals surface area (Å²) in [6.07, 6.45) is -18.5. The van der Waals surface area contributed by atoms with Crippen molar-refractivity contribution in [3.63, 3.8) is 0 Å². The van der Waals surface area contributed by atoms with Crippen molar-refractivity contribution in [1.29, 1.82) is 0 Å². The number of aliphatic hydroxyl groups is 1. The molecule has 0 aliphatic carbocycles. The Labute approximate surface area is 282 Å². The average molecular weight is 793 g/mol. The zero-order chi connectivity index (χ0) is 40.2. The highest BCUT2D eigenvalue weighted by atomic mass is 32.2. The zero-order valence-corrected chi connectivity index (χ0v) is 29.5. The summed E-state index contributed by atoms with van der Waals surface area (Å²) in [5.74, 6) is -5.97. The first-order valence-corrected chi connectivity index (χ1v) is 17.5. The van der Waals surface area contributed by atoms with E-state index in [0.29, 0.717) is 6.92 Å². The molecule has 50 heavy (non-hydrogen) atoms. The van der Waals surface area contributed by atoms with E-state index in [-0.39, 0.29) is 6.42 Å². The van der Waals surface area contributed by atoms with Crippen molar-refractivity contribution in [1.82, 2.24) is 10.0 Å². The minimum Gasteiger partial charge on any atom is -0.464 e. The molecule has 0 heterocycles. The Morgan fingerprint density at radius 1 is 0.800 bits per heavy atom. The molecule has 0 radical (unpaired) electrons. The Morgan fingerprint density at radius 3 is 1.68 bits per heavy atom. The zero-order valence-electron chi connectivity index (χ0n) is 27.9. The summed E-state index contributed by atoms with van der Waals surface area (Å²) >= 11 is 0. The van der Waals surface area contributed by atoms with Gasteiger partial charge in [0.25, 0.3) is 15.7 Å². The molecular weight excluding hydrogens is 751 g/mol. The molecule has 0 aromatic heterocycles. The second kappa shape index (κ2) is 16.1. The SMILES string of the molecule is CCC(C)(CC(C)(CC(C)C(=O)NC(C)(C)CS(=O)(=O)O)C(=O)OCCNS(=O)(=O)C(F)(F)F)C(=O)OC(C)CC(O)(C(F)(F)F)C(F)(F)F. The highest BCUT2D eigenvalue weighted by molar-refractivity contribution is 7.90. The Bertz CT molecular complexity index is 1420. The maximum atomic E-state index is 13.4. The Morgan fingerprint density at radius 2 is 1.28 bits per heavy atom. The summed E-state index contributed by atoms with van der Waals surface area (Å²) in [5, 5.41) is 11.8. The van der Waals surface area contributed by atoms with Gasteiger partial charge in [-0.1, -0.05) is 13.8 Å². The topological polar surface area (TPSA) is 202 Å². The van der Waals surface area contributed by atoms with Crippen LogP contribution in [0.3, 0.4) is 0 Å². The fourth-order valence-electron chi connectivity index (χ4n) is 4.90. The summed E-state index contributed by atoms with van der Waals surface area (Å²) in [4.78, 5) is 39.6. The molecule has 13 nitrogen and oxygen atoms in total. The molecule has 296 valence electrons. The highest BCUT2D eigenvalue weighted by Crippen LogP contribution is 2.47. The van der Waals surface area contributed by atoms with E-state index in [9.17, 15) is 75.8 Å². The van der Waals surface area contributed by atoms with Crippen LogP contribution in [0.25, 0.3) is 0 Å². The molecule has 0 spiro atoms. The van der Waals surface area contributed by atoms with E-state index in [4.69, 9.17) is 14.0 Å². The largest absolute Gasteiger partial charge is 0.511 e. The number of sulfonamides is 1. The van der Waals surface area contributed by atoms with Gasteiger partial charge >= 0.3 is 39.8 Å². The van der Waals surface area contributed by atoms with E-state index < -0.39 is 128 Å². The van der Waals surface area contributed by atoms with Crippen LogP contribution in [0.15, 0.2) is 0 Å². The van der Waals surface area contributed by atoms with Crippen molar-refractivity contribution >= 4 is 38.0 Å². The van der Waals surface area contributed by atoms with Gasteiger partial charge in [-0.2, -0.15) is 47.9 Å². The lowest BCUT2D eigenvalue weighted by Crippen LogP contribution is -2.58. The molecule has 0 fully saturated rings. The third kappa shape index (κ3) is 13.3. The highest BCUT2D eigenvalue weighted by Gasteiger charge is 2.70. The molecule has 0 aromatic rings. The summed E-state index contributed by atoms with van der Waals surface area (Å²) < 4.78 is 182. The molecule has 1 amide bonds. The summed E-state index contributed by atoms with van der Waals surface area (Å²) in [6, 6.07) is 0. The standard InChI is InChI=1S/C26H41F9N2O11S2/c1-8-21(6,19(40)48-16(3)12-23(41,24(27,28)29)25(30,31)32)13-22(7,18(39)47-10-9-36-50(45,46)26(33,34)35)11-15(2)17(38)37-20(4,5)14-49(42,43)44/h15-16,36,41H,8-14H2,1-7H3,(H,37,38)(H,42,43,44). The van der Waals surface area contributed by atoms with Crippen LogP contribution in [0, 0.1) is 16.7 Å². The van der Waals surface area contributed by atoms with E-state index in [1.165, 1.54) is 27.7 Å². The minimum atomic E-state index is -6.23. The number of hydrogen-bond donors (Lipinski definition) is 4. The van der Waals surface area contributed by atoms with Crippen molar-refractivity contribution in [3.05, 3.63) is 0 Å². The number of carbonyl (C=O) groups is 3. The van der Waals surface area contributed by atoms with E-state index in [0.717, 1.165) is 18.6 Å². The predicted molar refractivity (Wildman–Crippen MR) is 155 cm³/mol. The van der Waals surface area contributed by atoms with Gasteiger partial charge in [-0.15, -0.1) is 0 Å². The summed E-state index contributed by atoms with van der Waals surface area (Å²) in [5.41, 5.74) is -16.6. The lowest BCUT2D eigenvalue weighted by molar-refractivity contribution is -0.373. The van der Waals surface area contributed by atoms with Crippen molar-refractivity contribution in [3.8, 4) is 0 Å². The Kier molecular flexibility index (Phi) is 15.3. The molecule has 4 atom stereocenters. The lowest BCUT2D eigenvalue weighted by Gasteiger charge is -2.39. The lowest BCUT2D eigenvalue weighted by atomic mass is 9.68. The molecule has 0 rings (SSSR count). The van der Waals surface area contributed by atoms with Crippen LogP contribution >= 0.6 is 0 Å². The maximum absolute atomic E-state index is 13.4. The summed E-state index contributed by atoms with van der Waals surface area (Å²) in [7, 11) is -10.5. The number of esters is 2. The predicted octanol–water partition coefficient (Wildman–Crippen LogP) is 3.77. The van der Waals surface area contributed by atoms with Gasteiger partial charge in [-0.05, 0) is 53.9 Å². The Hall–Kier alpha value is -2.44. The van der Waals surface area contributed by atoms with Gasteiger partial charge in [-0.3, -0.25) is 18.9 Å². The van der Waals surface area contributed by atoms with Gasteiger partial charge in [0.15, 0.2) is 0 Å². The van der Waals surface area contributed by atoms with Crippen molar-refractivity contribution in [2.75, 3.05) is 18.9 Å². The van der Waals surface area contributed by atoms with E-state index >= 15 is 0 Å². The van der Waals surface area contributed by atoms with E-state index in [2.05, 4.69) is 5.32 Å². The molecule has 0 aliphatic rings. The number of rotatable bonds is 18. The number of amides is 1. The van der Waals surface area contributed by atoms with Gasteiger partial charge in [0.05, 0.1) is 22.1 Å². The molecular formula is C26H41F9N2O11S2. The first-order valence-electron chi connectivity index (χ1n) is 14.5. The molecule has 4 N–H and O–H groups in total. The van der Waals surface area contributed by atoms with E-state index in [1.807, 2.05) is 0 Å². The first-order chi connectivity index (χ1) is 21.9. The third-order valence-corrected chi connectivity index (χ3v) is 9.80. The van der Waals surface area contributed by atoms with Crippen molar-refractivity contribution in [2.45, 2.75) is 109 Å². The number of halogens is 9. The number of ether oxygens (including phenoxy) is 2. The van der Waals surface area contributed by atoms with Crippen LogP contribution in [0.4, 0.5) is 39.5 Å². The first kappa shape index (κ1) is 47.6. The van der Waals surface area contributed by atoms with Crippen LogP contribution in [0.1, 0.15) is 74.1 Å². The quantitative estimate of drug-likeness (QED) is 0.0682. The summed E-state index contributed by atoms with van der Waals surface area (Å²) in [6.45, 7) is 5.62. The van der Waals surface area contributed by atoms with E-state index in [1.54, 1.807) is 0 Å². The van der Waals surface area contributed by atoms with Gasteiger partial charge in [0.2, 0.25) is 5.91 Å². The second-order valence-electron chi connectivity index (χ2n) is 13.1. The molecule has 0 saturated carbocycles. The van der Waals surface area contributed by atoms with Crippen LogP contribution < -0.4 is 10.0 Å². The monoisotopic (exact) mass is 792 g/mol. The minimum absolute atomic E-state index is 0.322. The maximum Gasteiger partial charge on any atom is 0.511 e. The van der Waals surface area contributed by atoms with Crippen LogP contribution in [0.2, 0.25) is 0 Å².